The highest BCUT2D eigenvalue weighted by molar-refractivity contribution is 8.13. The topological polar surface area (TPSA) is 80.8 Å². The molecule has 1 heterocycles. The van der Waals surface area contributed by atoms with E-state index in [0.29, 0.717) is 0 Å². The Balaban J connectivity index is 2.36. The summed E-state index contributed by atoms with van der Waals surface area (Å²) in [4.78, 5) is 24.4. The highest BCUT2D eigenvalue weighted by Crippen LogP contribution is 2.31. The van der Waals surface area contributed by atoms with Gasteiger partial charge in [-0.2, -0.15) is 0 Å². The molecule has 126 valence electrons. The Morgan fingerprint density at radius 2 is 2.09 bits per heavy atom. The number of hydrogen-bond donors (Lipinski definition) is 0. The number of nitrogens with zero attached hydrogens (tertiary/aromatic N) is 1. The number of esters is 1. The van der Waals surface area contributed by atoms with Crippen LogP contribution in [-0.2, 0) is 18.6 Å². The van der Waals surface area contributed by atoms with Crippen molar-refractivity contribution in [2.45, 2.75) is 6.42 Å². The Kier molecular flexibility index (Phi) is 4.90. The average Bonchev–Trinajstić information content (AvgIpc) is 2.77. The summed E-state index contributed by atoms with van der Waals surface area (Å²) in [7, 11) is 2.30. The van der Waals surface area contributed by atoms with Crippen LogP contribution in [0.4, 0.5) is 14.5 Å². The molecule has 1 aromatic rings. The van der Waals surface area contributed by atoms with E-state index in [9.17, 15) is 26.8 Å². The van der Waals surface area contributed by atoms with Gasteiger partial charge < -0.3 is 9.64 Å². The highest BCUT2D eigenvalue weighted by Gasteiger charge is 2.35. The lowest BCUT2D eigenvalue weighted by molar-refractivity contribution is -0.117. The van der Waals surface area contributed by atoms with Gasteiger partial charge in [-0.25, -0.2) is 22.0 Å². The van der Waals surface area contributed by atoms with Gasteiger partial charge in [0.1, 0.15) is 11.4 Å². The highest BCUT2D eigenvalue weighted by atomic mass is 35.7. The fourth-order valence-electron chi connectivity index (χ4n) is 2.45. The van der Waals surface area contributed by atoms with Gasteiger partial charge in [-0.05, 0) is 12.1 Å². The number of halogens is 3. The minimum absolute atomic E-state index is 0.103. The Labute approximate surface area is 135 Å². The fourth-order valence-corrected chi connectivity index (χ4v) is 3.77. The zero-order valence-electron chi connectivity index (χ0n) is 11.9. The van der Waals surface area contributed by atoms with E-state index in [0.717, 1.165) is 24.1 Å². The van der Waals surface area contributed by atoms with Crippen LogP contribution in [0.1, 0.15) is 16.8 Å². The van der Waals surface area contributed by atoms with Crippen molar-refractivity contribution < 1.29 is 31.5 Å². The number of anilines is 1. The molecule has 1 aromatic carbocycles. The quantitative estimate of drug-likeness (QED) is 0.597. The first-order valence-electron chi connectivity index (χ1n) is 6.43. The van der Waals surface area contributed by atoms with Crippen LogP contribution >= 0.6 is 10.7 Å². The molecule has 1 aliphatic heterocycles. The Bertz CT molecular complexity index is 768. The van der Waals surface area contributed by atoms with E-state index in [1.807, 2.05) is 0 Å². The molecule has 0 spiro atoms. The lowest BCUT2D eigenvalue weighted by atomic mass is 10.1. The molecule has 10 heteroatoms. The van der Waals surface area contributed by atoms with E-state index < -0.39 is 49.8 Å². The molecule has 23 heavy (non-hydrogen) atoms. The molecule has 1 fully saturated rings. The van der Waals surface area contributed by atoms with Crippen molar-refractivity contribution in [3.8, 4) is 0 Å². The molecule has 6 nitrogen and oxygen atoms in total. The van der Waals surface area contributed by atoms with Crippen molar-refractivity contribution in [2.24, 2.45) is 5.92 Å². The molecular weight excluding hydrogens is 356 g/mol. The van der Waals surface area contributed by atoms with Gasteiger partial charge in [-0.1, -0.05) is 0 Å². The van der Waals surface area contributed by atoms with Gasteiger partial charge in [0.2, 0.25) is 15.0 Å². The molecule has 1 saturated heterocycles. The third-order valence-electron chi connectivity index (χ3n) is 3.39. The van der Waals surface area contributed by atoms with Crippen LogP contribution < -0.4 is 4.90 Å². The molecule has 0 bridgehead atoms. The largest absolute Gasteiger partial charge is 0.465 e. The van der Waals surface area contributed by atoms with Gasteiger partial charge in [-0.3, -0.25) is 4.79 Å². The van der Waals surface area contributed by atoms with E-state index in [4.69, 9.17) is 10.7 Å². The molecule has 0 radical (unpaired) electrons. The van der Waals surface area contributed by atoms with Crippen LogP contribution in [0.25, 0.3) is 0 Å². The first kappa shape index (κ1) is 17.6. The molecule has 2 rings (SSSR count). The summed E-state index contributed by atoms with van der Waals surface area (Å²) in [5, 5.41) is 0. The maximum atomic E-state index is 14.4. The van der Waals surface area contributed by atoms with E-state index in [-0.39, 0.29) is 18.7 Å². The standard InChI is InChI=1S/C13H12ClF2NO5S/c1-22-13(19)11-8(15)2-3-9(12(11)16)17-5-7(4-10(17)18)6-23(14,20)21/h2-3,7H,4-6H2,1H3. The van der Waals surface area contributed by atoms with Crippen LogP contribution in [0.3, 0.4) is 0 Å². The average molecular weight is 368 g/mol. The Morgan fingerprint density at radius 1 is 1.43 bits per heavy atom. The maximum Gasteiger partial charge on any atom is 0.343 e. The minimum Gasteiger partial charge on any atom is -0.465 e. The second-order valence-corrected chi connectivity index (χ2v) is 7.85. The van der Waals surface area contributed by atoms with Gasteiger partial charge in [0.25, 0.3) is 0 Å². The lowest BCUT2D eigenvalue weighted by Crippen LogP contribution is -2.27. The minimum atomic E-state index is -3.81. The summed E-state index contributed by atoms with van der Waals surface area (Å²) in [6.07, 6.45) is -0.143. The molecule has 1 amide bonds. The summed E-state index contributed by atoms with van der Waals surface area (Å²) >= 11 is 0. The van der Waals surface area contributed by atoms with Gasteiger partial charge in [0.15, 0.2) is 5.82 Å². The van der Waals surface area contributed by atoms with Crippen LogP contribution in [0.2, 0.25) is 0 Å². The Hall–Kier alpha value is -1.74. The maximum absolute atomic E-state index is 14.4. The molecule has 0 aromatic heterocycles. The van der Waals surface area contributed by atoms with Crippen molar-refractivity contribution in [3.05, 3.63) is 29.3 Å². The molecule has 1 aliphatic rings. The second kappa shape index (κ2) is 6.40. The summed E-state index contributed by atoms with van der Waals surface area (Å²) < 4.78 is 54.5. The van der Waals surface area contributed by atoms with Crippen molar-refractivity contribution in [2.75, 3.05) is 24.3 Å². The van der Waals surface area contributed by atoms with Gasteiger partial charge in [0, 0.05) is 29.6 Å². The molecule has 1 atom stereocenters. The summed E-state index contributed by atoms with van der Waals surface area (Å²) in [6.45, 7) is -0.103. The van der Waals surface area contributed by atoms with E-state index in [1.54, 1.807) is 0 Å². The molecule has 0 aliphatic carbocycles. The number of carbonyl (C=O) groups is 2. The summed E-state index contributed by atoms with van der Waals surface area (Å²) in [5.74, 6) is -5.17. The van der Waals surface area contributed by atoms with Crippen LogP contribution in [-0.4, -0.2) is 39.7 Å². The normalized spacial score (nSPS) is 18.3. The SMILES string of the molecule is COC(=O)c1c(F)ccc(N2CC(CS(=O)(=O)Cl)CC2=O)c1F. The predicted octanol–water partition coefficient (Wildman–Crippen LogP) is 1.67. The third kappa shape index (κ3) is 3.78. The van der Waals surface area contributed by atoms with E-state index in [2.05, 4.69) is 4.74 Å². The lowest BCUT2D eigenvalue weighted by Gasteiger charge is -2.18. The van der Waals surface area contributed by atoms with Crippen molar-refractivity contribution in [1.82, 2.24) is 0 Å². The third-order valence-corrected chi connectivity index (χ3v) is 4.64. The van der Waals surface area contributed by atoms with Crippen molar-refractivity contribution >= 4 is 37.3 Å². The van der Waals surface area contributed by atoms with E-state index in [1.165, 1.54) is 0 Å². The number of ether oxygens (including phenoxy) is 1. The smallest absolute Gasteiger partial charge is 0.343 e. The van der Waals surface area contributed by atoms with Crippen molar-refractivity contribution in [1.29, 1.82) is 0 Å². The van der Waals surface area contributed by atoms with Crippen LogP contribution in [0.5, 0.6) is 0 Å². The van der Waals surface area contributed by atoms with Gasteiger partial charge in [-0.15, -0.1) is 0 Å². The molecule has 0 N–H and O–H groups in total. The Morgan fingerprint density at radius 3 is 2.65 bits per heavy atom. The first-order valence-corrected chi connectivity index (χ1v) is 8.91. The predicted molar refractivity (Wildman–Crippen MR) is 77.8 cm³/mol. The zero-order valence-corrected chi connectivity index (χ0v) is 13.5. The summed E-state index contributed by atoms with van der Waals surface area (Å²) in [6, 6.07) is 1.84. The molecule has 1 unspecified atom stereocenters. The number of methoxy groups -OCH3 is 1. The number of amides is 1. The number of benzene rings is 1. The monoisotopic (exact) mass is 367 g/mol. The molecular formula is C13H12ClF2NO5S. The zero-order chi connectivity index (χ0) is 17.4. The fraction of sp³-hybridized carbons (Fsp3) is 0.385. The van der Waals surface area contributed by atoms with Gasteiger partial charge >= 0.3 is 5.97 Å². The van der Waals surface area contributed by atoms with Crippen LogP contribution in [0, 0.1) is 17.6 Å². The van der Waals surface area contributed by atoms with Gasteiger partial charge in [0.05, 0.1) is 18.6 Å². The van der Waals surface area contributed by atoms with Crippen molar-refractivity contribution in [3.63, 3.8) is 0 Å². The number of rotatable bonds is 4. The summed E-state index contributed by atoms with van der Waals surface area (Å²) in [5.41, 5.74) is -1.22. The van der Waals surface area contributed by atoms with E-state index >= 15 is 0 Å². The molecule has 0 saturated carbocycles. The number of hydrogen-bond acceptors (Lipinski definition) is 5. The number of carbonyl (C=O) groups excluding carboxylic acids is 2. The second-order valence-electron chi connectivity index (χ2n) is 5.03. The van der Waals surface area contributed by atoms with Crippen LogP contribution in [0.15, 0.2) is 12.1 Å². The first-order chi connectivity index (χ1) is 10.6.